The molecular formula is C4H4N2OS2. The number of aromatic nitrogens is 1. The lowest BCUT2D eigenvalue weighted by Gasteiger charge is -1.81. The number of nitrogens with one attached hydrogen (secondary N) is 1. The number of carbonyl (C=O) groups is 1. The summed E-state index contributed by atoms with van der Waals surface area (Å²) in [5, 5.41) is 0. The molecule has 0 radical (unpaired) electrons. The summed E-state index contributed by atoms with van der Waals surface area (Å²) in [5.41, 5.74) is 5.30. The lowest BCUT2D eigenvalue weighted by atomic mass is 10.4. The van der Waals surface area contributed by atoms with E-state index in [-0.39, 0.29) is 0 Å². The van der Waals surface area contributed by atoms with Crippen molar-refractivity contribution in [2.24, 2.45) is 5.73 Å². The number of nitrogens with two attached hydrogens (primary N) is 1. The van der Waals surface area contributed by atoms with Crippen LogP contribution < -0.4 is 5.73 Å². The predicted molar refractivity (Wildman–Crippen MR) is 38.0 cm³/mol. The van der Waals surface area contributed by atoms with Crippen molar-refractivity contribution >= 4 is 29.7 Å². The van der Waals surface area contributed by atoms with Gasteiger partial charge >= 0.3 is 0 Å². The fourth-order valence-electron chi connectivity index (χ4n) is 0.403. The van der Waals surface area contributed by atoms with E-state index < -0.39 is 5.91 Å². The lowest BCUT2D eigenvalue weighted by molar-refractivity contribution is 0.0996. The molecule has 0 bridgehead atoms. The molecule has 9 heavy (non-hydrogen) atoms. The maximum atomic E-state index is 10.4. The Bertz CT molecular complexity index is 274. The van der Waals surface area contributed by atoms with E-state index in [2.05, 4.69) is 4.37 Å². The molecule has 1 aromatic heterocycles. The van der Waals surface area contributed by atoms with Gasteiger partial charge in [0.1, 0.15) is 9.52 Å². The van der Waals surface area contributed by atoms with Crippen LogP contribution in [0.2, 0.25) is 0 Å². The van der Waals surface area contributed by atoms with Crippen molar-refractivity contribution in [3.8, 4) is 0 Å². The second kappa shape index (κ2) is 2.28. The standard InChI is InChI=1S/C4H4N2OS2/c5-4(7)2-1-3(8)9-6-2/h1,6H,(H2,5,7). The van der Waals surface area contributed by atoms with E-state index in [0.717, 1.165) is 0 Å². The number of rotatable bonds is 1. The van der Waals surface area contributed by atoms with Crippen molar-refractivity contribution in [1.82, 2.24) is 4.37 Å². The van der Waals surface area contributed by atoms with Crippen molar-refractivity contribution in [1.29, 1.82) is 0 Å². The maximum absolute atomic E-state index is 10.4. The molecule has 0 unspecified atom stereocenters. The molecule has 0 aromatic carbocycles. The number of hydrogen-bond acceptors (Lipinski definition) is 3. The molecule has 1 heterocycles. The second-order valence-electron chi connectivity index (χ2n) is 1.45. The second-order valence-corrected chi connectivity index (χ2v) is 2.99. The van der Waals surface area contributed by atoms with Crippen molar-refractivity contribution in [3.63, 3.8) is 0 Å². The molecule has 0 fully saturated rings. The van der Waals surface area contributed by atoms with Gasteiger partial charge in [-0.2, -0.15) is 0 Å². The first-order valence-corrected chi connectivity index (χ1v) is 3.41. The summed E-state index contributed by atoms with van der Waals surface area (Å²) < 4.78 is 3.31. The lowest BCUT2D eigenvalue weighted by Crippen LogP contribution is -2.10. The average molecular weight is 160 g/mol. The Balaban J connectivity index is 3.12. The van der Waals surface area contributed by atoms with E-state index in [1.165, 1.54) is 11.5 Å². The van der Waals surface area contributed by atoms with Crippen LogP contribution in [0.25, 0.3) is 0 Å². The minimum Gasteiger partial charge on any atom is -0.364 e. The van der Waals surface area contributed by atoms with Gasteiger partial charge in [-0.3, -0.25) is 4.79 Å². The summed E-state index contributed by atoms with van der Waals surface area (Å²) in [6, 6.07) is 1.54. The zero-order chi connectivity index (χ0) is 6.85. The van der Waals surface area contributed by atoms with Crippen LogP contribution in [0, 0.1) is 3.82 Å². The van der Waals surface area contributed by atoms with Crippen LogP contribution in [0.3, 0.4) is 0 Å². The van der Waals surface area contributed by atoms with Gasteiger partial charge in [0.25, 0.3) is 5.91 Å². The molecule has 1 aromatic rings. The summed E-state index contributed by atoms with van der Waals surface area (Å²) in [6.45, 7) is 0. The molecule has 0 atom stereocenters. The van der Waals surface area contributed by atoms with Gasteiger partial charge in [-0.15, -0.1) is 0 Å². The molecule has 5 heteroatoms. The van der Waals surface area contributed by atoms with Crippen LogP contribution in [-0.4, -0.2) is 10.3 Å². The van der Waals surface area contributed by atoms with Gasteiger partial charge in [-0.1, -0.05) is 12.2 Å². The number of primary amides is 1. The number of aromatic amines is 1. The first-order valence-electron chi connectivity index (χ1n) is 2.18. The van der Waals surface area contributed by atoms with Crippen molar-refractivity contribution < 1.29 is 4.79 Å². The Kier molecular flexibility index (Phi) is 1.63. The average Bonchev–Trinajstić information content (AvgIpc) is 2.14. The molecule has 3 nitrogen and oxygen atoms in total. The smallest absolute Gasteiger partial charge is 0.265 e. The molecule has 0 spiro atoms. The van der Waals surface area contributed by atoms with E-state index in [0.29, 0.717) is 9.52 Å². The third-order valence-electron chi connectivity index (χ3n) is 0.789. The van der Waals surface area contributed by atoms with Crippen molar-refractivity contribution in [3.05, 3.63) is 15.6 Å². The van der Waals surface area contributed by atoms with E-state index in [1.807, 2.05) is 0 Å². The highest BCUT2D eigenvalue weighted by Crippen LogP contribution is 2.01. The third kappa shape index (κ3) is 1.36. The Labute approximate surface area is 60.7 Å². The number of amides is 1. The molecular weight excluding hydrogens is 156 g/mol. The van der Waals surface area contributed by atoms with Gasteiger partial charge in [0, 0.05) is 0 Å². The Morgan fingerprint density at radius 1 is 1.89 bits per heavy atom. The Morgan fingerprint density at radius 2 is 2.56 bits per heavy atom. The third-order valence-corrected chi connectivity index (χ3v) is 1.80. The molecule has 0 aliphatic heterocycles. The molecule has 0 aliphatic rings. The SMILES string of the molecule is NC(=O)c1cc(=S)s[nH]1. The van der Waals surface area contributed by atoms with E-state index in [4.69, 9.17) is 18.0 Å². The van der Waals surface area contributed by atoms with Crippen molar-refractivity contribution in [2.45, 2.75) is 0 Å². The number of hydrogen-bond donors (Lipinski definition) is 2. The van der Waals surface area contributed by atoms with Gasteiger partial charge in [0.2, 0.25) is 0 Å². The molecule has 1 rings (SSSR count). The molecule has 0 saturated heterocycles. The zero-order valence-corrected chi connectivity index (χ0v) is 6.01. The highest BCUT2D eigenvalue weighted by atomic mass is 32.2. The highest BCUT2D eigenvalue weighted by Gasteiger charge is 1.98. The Morgan fingerprint density at radius 3 is 2.78 bits per heavy atom. The van der Waals surface area contributed by atoms with Crippen LogP contribution in [0.4, 0.5) is 0 Å². The van der Waals surface area contributed by atoms with Gasteiger partial charge < -0.3 is 10.1 Å². The maximum Gasteiger partial charge on any atom is 0.265 e. The fourth-order valence-corrected chi connectivity index (χ4v) is 1.19. The summed E-state index contributed by atoms with van der Waals surface area (Å²) in [4.78, 5) is 10.4. The predicted octanol–water partition coefficient (Wildman–Crippen LogP) is 0.905. The highest BCUT2D eigenvalue weighted by molar-refractivity contribution is 7.73. The largest absolute Gasteiger partial charge is 0.364 e. The van der Waals surface area contributed by atoms with Crippen LogP contribution in [0.15, 0.2) is 6.07 Å². The first-order chi connectivity index (χ1) is 4.20. The van der Waals surface area contributed by atoms with E-state index in [9.17, 15) is 4.79 Å². The summed E-state index contributed by atoms with van der Waals surface area (Å²) in [5.74, 6) is -0.470. The zero-order valence-electron chi connectivity index (χ0n) is 4.38. The normalized spacial score (nSPS) is 9.33. The monoisotopic (exact) mass is 160 g/mol. The van der Waals surface area contributed by atoms with Gasteiger partial charge in [-0.25, -0.2) is 0 Å². The molecule has 0 saturated carbocycles. The minimum atomic E-state index is -0.470. The number of H-pyrrole nitrogens is 1. The van der Waals surface area contributed by atoms with Crippen LogP contribution >= 0.6 is 23.8 Å². The molecule has 3 N–H and O–H groups in total. The van der Waals surface area contributed by atoms with E-state index >= 15 is 0 Å². The first kappa shape index (κ1) is 6.44. The molecule has 48 valence electrons. The van der Waals surface area contributed by atoms with Crippen molar-refractivity contribution in [2.75, 3.05) is 0 Å². The topological polar surface area (TPSA) is 58.9 Å². The fraction of sp³-hybridized carbons (Fsp3) is 0. The minimum absolute atomic E-state index is 0.380. The van der Waals surface area contributed by atoms with Crippen LogP contribution in [-0.2, 0) is 0 Å². The quantitative estimate of drug-likeness (QED) is 0.600. The summed E-state index contributed by atoms with van der Waals surface area (Å²) in [7, 11) is 0. The summed E-state index contributed by atoms with van der Waals surface area (Å²) in [6.07, 6.45) is 0. The van der Waals surface area contributed by atoms with Gasteiger partial charge in [-0.05, 0) is 17.6 Å². The number of carbonyl (C=O) groups excluding carboxylic acids is 1. The Hall–Kier alpha value is -0.680. The molecule has 0 aliphatic carbocycles. The van der Waals surface area contributed by atoms with Crippen LogP contribution in [0.1, 0.15) is 10.5 Å². The molecule has 1 amide bonds. The van der Waals surface area contributed by atoms with Crippen LogP contribution in [0.5, 0.6) is 0 Å². The van der Waals surface area contributed by atoms with Gasteiger partial charge in [0.05, 0.1) is 0 Å². The summed E-state index contributed by atoms with van der Waals surface area (Å²) >= 11 is 5.95. The van der Waals surface area contributed by atoms with E-state index in [1.54, 1.807) is 6.07 Å². The van der Waals surface area contributed by atoms with Gasteiger partial charge in [0.15, 0.2) is 0 Å².